The summed E-state index contributed by atoms with van der Waals surface area (Å²) < 4.78 is 15.8. The number of carbonyl (C=O) groups excluding carboxylic acids is 1. The molecule has 1 aliphatic heterocycles. The number of hydrogen-bond acceptors (Lipinski definition) is 3. The van der Waals surface area contributed by atoms with Crippen molar-refractivity contribution in [3.05, 3.63) is 42.5 Å². The molecule has 0 N–H and O–H groups in total. The van der Waals surface area contributed by atoms with E-state index in [0.29, 0.717) is 44.2 Å². The van der Waals surface area contributed by atoms with Crippen LogP contribution in [-0.4, -0.2) is 46.5 Å². The van der Waals surface area contributed by atoms with Crippen molar-refractivity contribution in [1.29, 1.82) is 0 Å². The molecule has 0 atom stereocenters. The van der Waals surface area contributed by atoms with Crippen LogP contribution in [0.3, 0.4) is 0 Å². The number of imidazole rings is 1. The molecular weight excluding hydrogens is 307 g/mol. The van der Waals surface area contributed by atoms with E-state index in [4.69, 9.17) is 0 Å². The van der Waals surface area contributed by atoms with Gasteiger partial charge in [0, 0.05) is 45.0 Å². The summed E-state index contributed by atoms with van der Waals surface area (Å²) in [5, 5.41) is 0. The Labute approximate surface area is 141 Å². The number of piperazine rings is 1. The molecule has 3 rings (SSSR count). The summed E-state index contributed by atoms with van der Waals surface area (Å²) in [5.74, 6) is 1.02. The van der Waals surface area contributed by atoms with Gasteiger partial charge < -0.3 is 9.80 Å². The molecule has 24 heavy (non-hydrogen) atoms. The molecule has 0 radical (unpaired) electrons. The van der Waals surface area contributed by atoms with E-state index in [1.165, 1.54) is 6.07 Å². The van der Waals surface area contributed by atoms with Crippen molar-refractivity contribution in [2.45, 2.75) is 20.3 Å². The van der Waals surface area contributed by atoms with E-state index in [9.17, 15) is 9.18 Å². The zero-order valence-electron chi connectivity index (χ0n) is 14.2. The molecule has 1 fully saturated rings. The molecule has 1 amide bonds. The number of halogens is 1. The van der Waals surface area contributed by atoms with Gasteiger partial charge in [0.05, 0.1) is 5.69 Å². The molecule has 1 aromatic carbocycles. The van der Waals surface area contributed by atoms with Crippen LogP contribution in [0.2, 0.25) is 0 Å². The fourth-order valence-electron chi connectivity index (χ4n) is 3.00. The molecule has 1 aromatic heterocycles. The average molecular weight is 330 g/mol. The minimum Gasteiger partial charge on any atom is -0.339 e. The van der Waals surface area contributed by atoms with Gasteiger partial charge in [-0.05, 0) is 18.1 Å². The lowest BCUT2D eigenvalue weighted by atomic mass is 10.1. The number of hydrogen-bond donors (Lipinski definition) is 0. The van der Waals surface area contributed by atoms with Crippen molar-refractivity contribution in [2.24, 2.45) is 5.92 Å². The van der Waals surface area contributed by atoms with Gasteiger partial charge >= 0.3 is 0 Å². The summed E-state index contributed by atoms with van der Waals surface area (Å²) in [5.41, 5.74) is 0.489. The monoisotopic (exact) mass is 330 g/mol. The van der Waals surface area contributed by atoms with E-state index in [-0.39, 0.29) is 11.7 Å². The van der Waals surface area contributed by atoms with Crippen LogP contribution in [0.1, 0.15) is 20.3 Å². The van der Waals surface area contributed by atoms with Crippen molar-refractivity contribution in [2.75, 3.05) is 31.1 Å². The van der Waals surface area contributed by atoms with E-state index < -0.39 is 0 Å². The largest absolute Gasteiger partial charge is 0.339 e. The van der Waals surface area contributed by atoms with Crippen LogP contribution in [-0.2, 0) is 4.79 Å². The third-order valence-electron chi connectivity index (χ3n) is 4.23. The maximum Gasteiger partial charge on any atom is 0.222 e. The molecule has 0 saturated carbocycles. The average Bonchev–Trinajstić information content (AvgIpc) is 3.04. The van der Waals surface area contributed by atoms with Crippen LogP contribution >= 0.6 is 0 Å². The Morgan fingerprint density at radius 3 is 2.58 bits per heavy atom. The molecule has 5 nitrogen and oxygen atoms in total. The number of benzene rings is 1. The fourth-order valence-corrected chi connectivity index (χ4v) is 3.00. The molecular formula is C18H23FN4O. The normalized spacial score (nSPS) is 15.2. The van der Waals surface area contributed by atoms with Crippen molar-refractivity contribution >= 4 is 11.9 Å². The van der Waals surface area contributed by atoms with Crippen LogP contribution in [0.25, 0.3) is 5.69 Å². The first kappa shape index (κ1) is 16.5. The maximum absolute atomic E-state index is 14.1. The lowest BCUT2D eigenvalue weighted by molar-refractivity contribution is -0.132. The predicted octanol–water partition coefficient (Wildman–Crippen LogP) is 2.71. The first-order valence-corrected chi connectivity index (χ1v) is 8.37. The van der Waals surface area contributed by atoms with Gasteiger partial charge in [0.2, 0.25) is 11.9 Å². The molecule has 6 heteroatoms. The number of nitrogens with zero attached hydrogens (tertiary/aromatic N) is 4. The number of rotatable bonds is 4. The first-order valence-electron chi connectivity index (χ1n) is 8.37. The van der Waals surface area contributed by atoms with Gasteiger partial charge in [0.15, 0.2) is 0 Å². The van der Waals surface area contributed by atoms with E-state index in [2.05, 4.69) is 23.7 Å². The Hall–Kier alpha value is -2.37. The second kappa shape index (κ2) is 7.03. The minimum atomic E-state index is -0.275. The maximum atomic E-state index is 14.1. The molecule has 2 heterocycles. The summed E-state index contributed by atoms with van der Waals surface area (Å²) in [6.07, 6.45) is 4.03. The van der Waals surface area contributed by atoms with Crippen LogP contribution in [0.5, 0.6) is 0 Å². The molecule has 128 valence electrons. The Morgan fingerprint density at radius 1 is 1.21 bits per heavy atom. The SMILES string of the molecule is CC(C)CC(=O)N1CCN(c2nccn2-c2ccccc2F)CC1. The number of carbonyl (C=O) groups is 1. The topological polar surface area (TPSA) is 41.4 Å². The van der Waals surface area contributed by atoms with E-state index >= 15 is 0 Å². The molecule has 0 unspecified atom stereocenters. The zero-order chi connectivity index (χ0) is 17.1. The third kappa shape index (κ3) is 3.42. The number of anilines is 1. The van der Waals surface area contributed by atoms with Crippen LogP contribution in [0.4, 0.5) is 10.3 Å². The standard InChI is InChI=1S/C18H23FN4O/c1-14(2)13-17(24)21-9-11-22(12-10-21)18-20-7-8-23(18)16-6-4-3-5-15(16)19/h3-8,14H,9-13H2,1-2H3. The van der Waals surface area contributed by atoms with E-state index in [1.807, 2.05) is 11.0 Å². The Bertz CT molecular complexity index is 705. The van der Waals surface area contributed by atoms with Gasteiger partial charge in [-0.3, -0.25) is 9.36 Å². The number of amides is 1. The highest BCUT2D eigenvalue weighted by atomic mass is 19.1. The highest BCUT2D eigenvalue weighted by molar-refractivity contribution is 5.76. The summed E-state index contributed by atoms with van der Waals surface area (Å²) in [6, 6.07) is 6.67. The van der Waals surface area contributed by atoms with Gasteiger partial charge in [-0.25, -0.2) is 9.37 Å². The van der Waals surface area contributed by atoms with Gasteiger partial charge in [0.1, 0.15) is 5.82 Å². The molecule has 2 aromatic rings. The van der Waals surface area contributed by atoms with Gasteiger partial charge in [-0.1, -0.05) is 26.0 Å². The highest BCUT2D eigenvalue weighted by Gasteiger charge is 2.24. The van der Waals surface area contributed by atoms with E-state index in [1.54, 1.807) is 29.1 Å². The van der Waals surface area contributed by atoms with Crippen LogP contribution in [0, 0.1) is 11.7 Å². The molecule has 0 aliphatic carbocycles. The van der Waals surface area contributed by atoms with Gasteiger partial charge in [-0.2, -0.15) is 0 Å². The minimum absolute atomic E-state index is 0.210. The number of para-hydroxylation sites is 1. The van der Waals surface area contributed by atoms with E-state index in [0.717, 1.165) is 5.95 Å². The lowest BCUT2D eigenvalue weighted by Gasteiger charge is -2.35. The fraction of sp³-hybridized carbons (Fsp3) is 0.444. The van der Waals surface area contributed by atoms with Crippen molar-refractivity contribution in [3.8, 4) is 5.69 Å². The zero-order valence-corrected chi connectivity index (χ0v) is 14.2. The summed E-state index contributed by atoms with van der Waals surface area (Å²) in [6.45, 7) is 6.87. The Morgan fingerprint density at radius 2 is 1.92 bits per heavy atom. The quantitative estimate of drug-likeness (QED) is 0.865. The Balaban J connectivity index is 1.71. The summed E-state index contributed by atoms with van der Waals surface area (Å²) in [7, 11) is 0. The summed E-state index contributed by atoms with van der Waals surface area (Å²) in [4.78, 5) is 20.6. The highest BCUT2D eigenvalue weighted by Crippen LogP contribution is 2.22. The van der Waals surface area contributed by atoms with Crippen LogP contribution < -0.4 is 4.90 Å². The molecule has 0 spiro atoms. The summed E-state index contributed by atoms with van der Waals surface area (Å²) >= 11 is 0. The second-order valence-corrected chi connectivity index (χ2v) is 6.51. The van der Waals surface area contributed by atoms with Crippen LogP contribution in [0.15, 0.2) is 36.7 Å². The van der Waals surface area contributed by atoms with Crippen molar-refractivity contribution in [1.82, 2.24) is 14.5 Å². The number of aromatic nitrogens is 2. The van der Waals surface area contributed by atoms with Crippen molar-refractivity contribution < 1.29 is 9.18 Å². The molecule has 1 saturated heterocycles. The predicted molar refractivity (Wildman–Crippen MR) is 91.8 cm³/mol. The smallest absolute Gasteiger partial charge is 0.222 e. The van der Waals surface area contributed by atoms with Gasteiger partial charge in [-0.15, -0.1) is 0 Å². The first-order chi connectivity index (χ1) is 11.6. The van der Waals surface area contributed by atoms with Crippen molar-refractivity contribution in [3.63, 3.8) is 0 Å². The third-order valence-corrected chi connectivity index (χ3v) is 4.23. The molecule has 1 aliphatic rings. The lowest BCUT2D eigenvalue weighted by Crippen LogP contribution is -2.49. The molecule has 0 bridgehead atoms. The van der Waals surface area contributed by atoms with Gasteiger partial charge in [0.25, 0.3) is 0 Å². The Kier molecular flexibility index (Phi) is 4.83. The second-order valence-electron chi connectivity index (χ2n) is 6.51.